The van der Waals surface area contributed by atoms with Crippen LogP contribution in [0.1, 0.15) is 11.1 Å². The molecule has 0 aliphatic rings. The second kappa shape index (κ2) is 10.6. The van der Waals surface area contributed by atoms with Gasteiger partial charge in [0.15, 0.2) is 23.0 Å². The molecule has 28 heavy (non-hydrogen) atoms. The first-order chi connectivity index (χ1) is 13.5. The summed E-state index contributed by atoms with van der Waals surface area (Å²) in [4.78, 5) is 0. The maximum Gasteiger partial charge on any atom is 0.161 e. The average molecular weight is 390 g/mol. The minimum atomic E-state index is -1.00. The molecule has 0 bridgehead atoms. The van der Waals surface area contributed by atoms with Crippen molar-refractivity contribution in [1.82, 2.24) is 0 Å². The van der Waals surface area contributed by atoms with E-state index in [1.165, 1.54) is 20.3 Å². The van der Waals surface area contributed by atoms with Crippen LogP contribution in [0.5, 0.6) is 23.0 Å². The van der Waals surface area contributed by atoms with E-state index in [2.05, 4.69) is 0 Å². The quantitative estimate of drug-likeness (QED) is 0.489. The molecule has 0 aliphatic heterocycles. The fraction of sp³-hybridized carbons (Fsp3) is 0.333. The summed E-state index contributed by atoms with van der Waals surface area (Å²) in [7, 11) is 2.94. The Morgan fingerprint density at radius 1 is 0.964 bits per heavy atom. The number of hydrogen-bond acceptors (Lipinski definition) is 7. The molecule has 0 radical (unpaired) electrons. The van der Waals surface area contributed by atoms with Gasteiger partial charge >= 0.3 is 0 Å². The molecule has 2 aromatic carbocycles. The lowest BCUT2D eigenvalue weighted by molar-refractivity contribution is 0.00137. The van der Waals surface area contributed by atoms with Crippen LogP contribution in [0.4, 0.5) is 0 Å². The molecule has 0 heterocycles. The van der Waals surface area contributed by atoms with E-state index in [1.807, 2.05) is 0 Å². The molecule has 4 N–H and O–H groups in total. The first-order valence-corrected chi connectivity index (χ1v) is 8.79. The highest BCUT2D eigenvalue weighted by molar-refractivity contribution is 5.56. The van der Waals surface area contributed by atoms with Crippen molar-refractivity contribution in [3.8, 4) is 23.0 Å². The molecule has 0 spiro atoms. The second-order valence-electron chi connectivity index (χ2n) is 6.11. The van der Waals surface area contributed by atoms with Gasteiger partial charge in [0.2, 0.25) is 0 Å². The van der Waals surface area contributed by atoms with Crippen LogP contribution in [0.25, 0.3) is 6.08 Å². The summed E-state index contributed by atoms with van der Waals surface area (Å²) < 4.78 is 16.2. The van der Waals surface area contributed by atoms with Gasteiger partial charge in [0.25, 0.3) is 0 Å². The molecule has 0 amide bonds. The number of benzene rings is 2. The molecule has 0 saturated carbocycles. The highest BCUT2D eigenvalue weighted by atomic mass is 16.5. The Balaban J connectivity index is 2.13. The summed E-state index contributed by atoms with van der Waals surface area (Å²) in [6, 6.07) is 9.95. The highest BCUT2D eigenvalue weighted by Crippen LogP contribution is 2.31. The van der Waals surface area contributed by atoms with Crippen molar-refractivity contribution in [2.75, 3.05) is 27.4 Å². The lowest BCUT2D eigenvalue weighted by Gasteiger charge is -2.24. The third kappa shape index (κ3) is 5.63. The topological polar surface area (TPSA) is 109 Å². The molecule has 0 aromatic heterocycles. The fourth-order valence-electron chi connectivity index (χ4n) is 2.70. The lowest BCUT2D eigenvalue weighted by atomic mass is 10.0. The molecule has 0 unspecified atom stereocenters. The first-order valence-electron chi connectivity index (χ1n) is 8.79. The molecule has 152 valence electrons. The number of ether oxygens (including phenoxy) is 3. The van der Waals surface area contributed by atoms with Crippen LogP contribution in [-0.4, -0.2) is 60.1 Å². The molecule has 7 nitrogen and oxygen atoms in total. The van der Waals surface area contributed by atoms with Gasteiger partial charge in [-0.2, -0.15) is 0 Å². The van der Waals surface area contributed by atoms with Crippen LogP contribution in [0.15, 0.2) is 42.5 Å². The maximum absolute atomic E-state index is 10.5. The maximum atomic E-state index is 10.5. The van der Waals surface area contributed by atoms with Gasteiger partial charge in [-0.05, 0) is 35.4 Å². The summed E-state index contributed by atoms with van der Waals surface area (Å²) in [6.45, 7) is -0.465. The summed E-state index contributed by atoms with van der Waals surface area (Å²) in [5.74, 6) is 1.14. The van der Waals surface area contributed by atoms with Gasteiger partial charge in [-0.15, -0.1) is 0 Å². The third-order valence-electron chi connectivity index (χ3n) is 4.18. The van der Waals surface area contributed by atoms with Crippen molar-refractivity contribution in [1.29, 1.82) is 0 Å². The average Bonchev–Trinajstić information content (AvgIpc) is 2.71. The standard InChI is InChI=1S/C21H26O7/c1-26-19-12-15(5-7-16(19)24)10-17(25)21(13-23)28-18-8-6-14(4-3-9-22)11-20(18)27-2/h3-8,11-12,17,21-25H,9-10,13H2,1-2H3/b4-3-/t17-,21-/m0/s1. The summed E-state index contributed by atoms with van der Waals surface area (Å²) in [5.41, 5.74) is 1.54. The molecule has 0 aliphatic carbocycles. The van der Waals surface area contributed by atoms with Crippen molar-refractivity contribution in [2.24, 2.45) is 0 Å². The van der Waals surface area contributed by atoms with Gasteiger partial charge in [-0.1, -0.05) is 24.3 Å². The zero-order chi connectivity index (χ0) is 20.5. The van der Waals surface area contributed by atoms with Crippen LogP contribution >= 0.6 is 0 Å². The smallest absolute Gasteiger partial charge is 0.161 e. The van der Waals surface area contributed by atoms with Gasteiger partial charge in [0, 0.05) is 6.42 Å². The van der Waals surface area contributed by atoms with Gasteiger partial charge in [0.1, 0.15) is 6.10 Å². The number of phenolic OH excluding ortho intramolecular Hbond substituents is 1. The third-order valence-corrected chi connectivity index (χ3v) is 4.18. The van der Waals surface area contributed by atoms with Crippen LogP contribution in [0, 0.1) is 0 Å². The predicted molar refractivity (Wildman–Crippen MR) is 105 cm³/mol. The van der Waals surface area contributed by atoms with Crippen molar-refractivity contribution in [2.45, 2.75) is 18.6 Å². The zero-order valence-electron chi connectivity index (χ0n) is 15.9. The number of phenols is 1. The van der Waals surface area contributed by atoms with Crippen molar-refractivity contribution in [3.63, 3.8) is 0 Å². The Bertz CT molecular complexity index is 788. The van der Waals surface area contributed by atoms with Gasteiger partial charge < -0.3 is 34.6 Å². The number of aromatic hydroxyl groups is 1. The van der Waals surface area contributed by atoms with Crippen molar-refractivity contribution in [3.05, 3.63) is 53.6 Å². The largest absolute Gasteiger partial charge is 0.504 e. The first kappa shape index (κ1) is 21.6. The van der Waals surface area contributed by atoms with E-state index < -0.39 is 18.8 Å². The monoisotopic (exact) mass is 390 g/mol. The summed E-state index contributed by atoms with van der Waals surface area (Å²) in [5, 5.41) is 38.7. The normalized spacial score (nSPS) is 13.3. The minimum absolute atomic E-state index is 0.00997. The highest BCUT2D eigenvalue weighted by Gasteiger charge is 2.23. The molecule has 2 aromatic rings. The van der Waals surface area contributed by atoms with Crippen LogP contribution in [0.2, 0.25) is 0 Å². The van der Waals surface area contributed by atoms with Crippen molar-refractivity contribution >= 4 is 6.08 Å². The fourth-order valence-corrected chi connectivity index (χ4v) is 2.70. The molecule has 0 fully saturated rings. The minimum Gasteiger partial charge on any atom is -0.504 e. The molecular formula is C21H26O7. The molecule has 2 rings (SSSR count). The number of methoxy groups -OCH3 is 2. The van der Waals surface area contributed by atoms with Crippen LogP contribution in [0.3, 0.4) is 0 Å². The Morgan fingerprint density at radius 3 is 2.36 bits per heavy atom. The van der Waals surface area contributed by atoms with Gasteiger partial charge in [-0.25, -0.2) is 0 Å². The van der Waals surface area contributed by atoms with E-state index in [0.717, 1.165) is 11.1 Å². The van der Waals surface area contributed by atoms with Crippen molar-refractivity contribution < 1.29 is 34.6 Å². The Hall–Kier alpha value is -2.74. The van der Waals surface area contributed by atoms with Crippen LogP contribution in [-0.2, 0) is 6.42 Å². The number of aliphatic hydroxyl groups excluding tert-OH is 3. The SMILES string of the molecule is COc1cc(C[C@H](O)[C@H](CO)Oc2ccc(/C=C\CO)cc2OC)ccc1O. The molecule has 0 saturated heterocycles. The second-order valence-corrected chi connectivity index (χ2v) is 6.11. The lowest BCUT2D eigenvalue weighted by Crippen LogP contribution is -2.36. The van der Waals surface area contributed by atoms with E-state index in [-0.39, 0.29) is 18.8 Å². The van der Waals surface area contributed by atoms with Gasteiger partial charge in [-0.3, -0.25) is 0 Å². The number of aliphatic hydroxyl groups is 3. The van der Waals surface area contributed by atoms with E-state index in [0.29, 0.717) is 17.2 Å². The van der Waals surface area contributed by atoms with Gasteiger partial charge in [0.05, 0.1) is 33.5 Å². The molecule has 2 atom stereocenters. The molecule has 7 heteroatoms. The Labute approximate surface area is 164 Å². The van der Waals surface area contributed by atoms with E-state index >= 15 is 0 Å². The number of hydrogen-bond donors (Lipinski definition) is 4. The van der Waals surface area contributed by atoms with E-state index in [1.54, 1.807) is 42.5 Å². The predicted octanol–water partition coefficient (Wildman–Crippen LogP) is 1.76. The Morgan fingerprint density at radius 2 is 1.71 bits per heavy atom. The summed E-state index contributed by atoms with van der Waals surface area (Å²) in [6.07, 6.45) is 1.65. The summed E-state index contributed by atoms with van der Waals surface area (Å²) >= 11 is 0. The van der Waals surface area contributed by atoms with E-state index in [4.69, 9.17) is 19.3 Å². The zero-order valence-corrected chi connectivity index (χ0v) is 15.9. The number of rotatable bonds is 10. The van der Waals surface area contributed by atoms with Crippen LogP contribution < -0.4 is 14.2 Å². The van der Waals surface area contributed by atoms with E-state index in [9.17, 15) is 15.3 Å². The Kier molecular flexibility index (Phi) is 8.13. The molecular weight excluding hydrogens is 364 g/mol.